The summed E-state index contributed by atoms with van der Waals surface area (Å²) in [6.07, 6.45) is 0.361. The zero-order valence-electron chi connectivity index (χ0n) is 9.40. The van der Waals surface area contributed by atoms with Crippen LogP contribution in [0.1, 0.15) is 32.7 Å². The van der Waals surface area contributed by atoms with E-state index in [1.54, 1.807) is 12.1 Å². The fourth-order valence-corrected chi connectivity index (χ4v) is 1.92. The van der Waals surface area contributed by atoms with E-state index in [4.69, 9.17) is 18.0 Å². The molecule has 1 aromatic rings. The Labute approximate surface area is 104 Å². The highest BCUT2D eigenvalue weighted by Crippen LogP contribution is 2.23. The van der Waals surface area contributed by atoms with E-state index >= 15 is 0 Å². The first-order chi connectivity index (χ1) is 8.00. The van der Waals surface area contributed by atoms with Crippen molar-refractivity contribution in [1.82, 2.24) is 4.90 Å². The number of aryl methyl sites for hydroxylation is 1. The number of hydrogen-bond acceptors (Lipinski definition) is 3. The first-order valence-corrected chi connectivity index (χ1v) is 5.66. The molecule has 0 aromatic heterocycles. The summed E-state index contributed by atoms with van der Waals surface area (Å²) in [6, 6.07) is 5.24. The summed E-state index contributed by atoms with van der Waals surface area (Å²) in [5.41, 5.74) is 7.26. The summed E-state index contributed by atoms with van der Waals surface area (Å²) >= 11 is 4.74. The predicted octanol–water partition coefficient (Wildman–Crippen LogP) is 1.27. The molecule has 0 aliphatic carbocycles. The third-order valence-electron chi connectivity index (χ3n) is 2.71. The van der Waals surface area contributed by atoms with Crippen LogP contribution in [0, 0.1) is 6.92 Å². The van der Waals surface area contributed by atoms with E-state index in [1.165, 1.54) is 4.90 Å². The van der Waals surface area contributed by atoms with Gasteiger partial charge in [-0.15, -0.1) is 0 Å². The molecule has 17 heavy (non-hydrogen) atoms. The van der Waals surface area contributed by atoms with Gasteiger partial charge in [0.05, 0.1) is 16.1 Å². The van der Waals surface area contributed by atoms with Gasteiger partial charge in [0.2, 0.25) is 0 Å². The molecule has 1 heterocycles. The Bertz CT molecular complexity index is 525. The molecule has 4 nitrogen and oxygen atoms in total. The molecule has 1 aliphatic rings. The van der Waals surface area contributed by atoms with Gasteiger partial charge in [-0.1, -0.05) is 23.8 Å². The fourth-order valence-electron chi connectivity index (χ4n) is 1.83. The number of thiocarbonyl (C=S) groups is 1. The summed E-state index contributed by atoms with van der Waals surface area (Å²) in [7, 11) is 0. The van der Waals surface area contributed by atoms with Gasteiger partial charge in [0.1, 0.15) is 0 Å². The fraction of sp³-hybridized carbons (Fsp3) is 0.250. The second-order valence-electron chi connectivity index (χ2n) is 4.03. The van der Waals surface area contributed by atoms with Gasteiger partial charge in [-0.3, -0.25) is 14.5 Å². The molecule has 0 atom stereocenters. The largest absolute Gasteiger partial charge is 0.393 e. The molecule has 2 N–H and O–H groups in total. The van der Waals surface area contributed by atoms with Gasteiger partial charge in [0.25, 0.3) is 11.8 Å². The minimum absolute atomic E-state index is 0.251. The van der Waals surface area contributed by atoms with Crippen molar-refractivity contribution in [2.24, 2.45) is 5.73 Å². The molecule has 1 aromatic carbocycles. The Hall–Kier alpha value is -1.75. The smallest absolute Gasteiger partial charge is 0.261 e. The van der Waals surface area contributed by atoms with Crippen LogP contribution in [0.15, 0.2) is 18.2 Å². The minimum Gasteiger partial charge on any atom is -0.393 e. The monoisotopic (exact) mass is 248 g/mol. The van der Waals surface area contributed by atoms with Crippen LogP contribution in [0.3, 0.4) is 0 Å². The van der Waals surface area contributed by atoms with Gasteiger partial charge in [-0.25, -0.2) is 0 Å². The molecule has 88 valence electrons. The first kappa shape index (κ1) is 11.7. The number of nitrogens with two attached hydrogens (primary N) is 1. The topological polar surface area (TPSA) is 63.4 Å². The molecule has 0 saturated carbocycles. The molecular weight excluding hydrogens is 236 g/mol. The second-order valence-corrected chi connectivity index (χ2v) is 4.55. The van der Waals surface area contributed by atoms with E-state index < -0.39 is 0 Å². The van der Waals surface area contributed by atoms with E-state index in [0.717, 1.165) is 5.56 Å². The van der Waals surface area contributed by atoms with Gasteiger partial charge >= 0.3 is 0 Å². The highest BCUT2D eigenvalue weighted by Gasteiger charge is 2.34. The lowest BCUT2D eigenvalue weighted by Crippen LogP contribution is -2.32. The molecule has 5 heteroatoms. The van der Waals surface area contributed by atoms with Crippen molar-refractivity contribution in [3.05, 3.63) is 34.9 Å². The Balaban J connectivity index is 2.29. The molecule has 0 spiro atoms. The minimum atomic E-state index is -0.263. The zero-order chi connectivity index (χ0) is 12.6. The highest BCUT2D eigenvalue weighted by atomic mass is 32.1. The third kappa shape index (κ3) is 2.06. The predicted molar refractivity (Wildman–Crippen MR) is 67.9 cm³/mol. The molecule has 2 amide bonds. The van der Waals surface area contributed by atoms with Crippen molar-refractivity contribution < 1.29 is 9.59 Å². The molecule has 0 unspecified atom stereocenters. The van der Waals surface area contributed by atoms with Crippen molar-refractivity contribution in [3.8, 4) is 0 Å². The second kappa shape index (κ2) is 4.25. The van der Waals surface area contributed by atoms with Gasteiger partial charge in [-0.2, -0.15) is 0 Å². The Morgan fingerprint density at radius 3 is 2.59 bits per heavy atom. The normalized spacial score (nSPS) is 14.1. The van der Waals surface area contributed by atoms with Crippen LogP contribution >= 0.6 is 12.2 Å². The van der Waals surface area contributed by atoms with E-state index in [-0.39, 0.29) is 18.4 Å². The molecule has 0 fully saturated rings. The summed E-state index contributed by atoms with van der Waals surface area (Å²) < 4.78 is 0. The standard InChI is InChI=1S/C12H12N2O2S/c1-7-2-3-8-9(6-7)12(16)14(11(8)15)5-4-10(13)17/h2-3,6H,4-5H2,1H3,(H2,13,17). The number of hydrogen-bond donors (Lipinski definition) is 1. The average molecular weight is 248 g/mol. The van der Waals surface area contributed by atoms with E-state index in [9.17, 15) is 9.59 Å². The quantitative estimate of drug-likeness (QED) is 0.646. The Morgan fingerprint density at radius 1 is 1.29 bits per heavy atom. The van der Waals surface area contributed by atoms with Crippen LogP contribution in [0.5, 0.6) is 0 Å². The molecule has 0 radical (unpaired) electrons. The van der Waals surface area contributed by atoms with Crippen molar-refractivity contribution in [1.29, 1.82) is 0 Å². The van der Waals surface area contributed by atoms with Crippen LogP contribution < -0.4 is 5.73 Å². The Kier molecular flexibility index (Phi) is 2.93. The maximum atomic E-state index is 12.0. The summed E-state index contributed by atoms with van der Waals surface area (Å²) in [5, 5.41) is 0. The van der Waals surface area contributed by atoms with Crippen LogP contribution in [-0.4, -0.2) is 28.2 Å². The van der Waals surface area contributed by atoms with E-state index in [0.29, 0.717) is 22.5 Å². The van der Waals surface area contributed by atoms with Gasteiger partial charge in [-0.05, 0) is 19.1 Å². The number of carbonyl (C=O) groups is 2. The maximum absolute atomic E-state index is 12.0. The molecule has 0 bridgehead atoms. The SMILES string of the molecule is Cc1ccc2c(c1)C(=O)N(CCC(N)=S)C2=O. The third-order valence-corrected chi connectivity index (χ3v) is 2.91. The maximum Gasteiger partial charge on any atom is 0.261 e. The lowest BCUT2D eigenvalue weighted by molar-refractivity contribution is 0.0659. The molecule has 1 aliphatic heterocycles. The van der Waals surface area contributed by atoms with Crippen LogP contribution in [0.25, 0.3) is 0 Å². The van der Waals surface area contributed by atoms with Gasteiger partial charge < -0.3 is 5.73 Å². The number of rotatable bonds is 3. The van der Waals surface area contributed by atoms with Crippen molar-refractivity contribution in [2.45, 2.75) is 13.3 Å². The van der Waals surface area contributed by atoms with Crippen molar-refractivity contribution in [2.75, 3.05) is 6.54 Å². The molecular formula is C12H12N2O2S. The number of benzene rings is 1. The van der Waals surface area contributed by atoms with Crippen LogP contribution in [0.2, 0.25) is 0 Å². The summed E-state index contributed by atoms with van der Waals surface area (Å²) in [5.74, 6) is -0.522. The van der Waals surface area contributed by atoms with E-state index in [1.807, 2.05) is 13.0 Å². The van der Waals surface area contributed by atoms with Crippen LogP contribution in [-0.2, 0) is 0 Å². The highest BCUT2D eigenvalue weighted by molar-refractivity contribution is 7.80. The van der Waals surface area contributed by atoms with Crippen LogP contribution in [0.4, 0.5) is 0 Å². The number of amides is 2. The average Bonchev–Trinajstić information content (AvgIpc) is 2.49. The lowest BCUT2D eigenvalue weighted by atomic mass is 10.1. The van der Waals surface area contributed by atoms with Crippen molar-refractivity contribution in [3.63, 3.8) is 0 Å². The number of carbonyl (C=O) groups excluding carboxylic acids is 2. The van der Waals surface area contributed by atoms with E-state index in [2.05, 4.69) is 0 Å². The summed E-state index contributed by atoms with van der Waals surface area (Å²) in [6.45, 7) is 2.14. The van der Waals surface area contributed by atoms with Gasteiger partial charge in [0.15, 0.2) is 0 Å². The zero-order valence-corrected chi connectivity index (χ0v) is 10.2. The lowest BCUT2D eigenvalue weighted by Gasteiger charge is -2.12. The number of fused-ring (bicyclic) bond motifs is 1. The first-order valence-electron chi connectivity index (χ1n) is 5.26. The molecule has 2 rings (SSSR count). The van der Waals surface area contributed by atoms with Crippen molar-refractivity contribution >= 4 is 29.0 Å². The number of nitrogens with zero attached hydrogens (tertiary/aromatic N) is 1. The van der Waals surface area contributed by atoms with Gasteiger partial charge in [0, 0.05) is 13.0 Å². The Morgan fingerprint density at radius 2 is 1.94 bits per heavy atom. The number of imide groups is 1. The summed E-state index contributed by atoms with van der Waals surface area (Å²) in [4.78, 5) is 25.4. The molecule has 0 saturated heterocycles.